The molecule has 0 unspecified atom stereocenters. The SMILES string of the molecule is O=C(CC(P(=O)(O)O)P(=O)(O)O)NC[C@H]1CN(c2ccc(N3CCOCC3)c(F)c2)C(=O)O1. The average molecular weight is 511 g/mol. The van der Waals surface area contributed by atoms with Crippen LogP contribution in [0.4, 0.5) is 20.6 Å². The Morgan fingerprint density at radius 1 is 1.18 bits per heavy atom. The number of amides is 2. The quantitative estimate of drug-likeness (QED) is 0.300. The van der Waals surface area contributed by atoms with Gasteiger partial charge in [0.1, 0.15) is 11.9 Å². The molecule has 2 heterocycles. The lowest BCUT2D eigenvalue weighted by Crippen LogP contribution is -2.37. The summed E-state index contributed by atoms with van der Waals surface area (Å²) < 4.78 is 47.6. The third-order valence-corrected chi connectivity index (χ3v) is 8.86. The van der Waals surface area contributed by atoms with Crippen LogP contribution in [-0.2, 0) is 23.4 Å². The van der Waals surface area contributed by atoms with E-state index in [4.69, 9.17) is 29.0 Å². The number of hydrogen-bond donors (Lipinski definition) is 5. The van der Waals surface area contributed by atoms with Crippen molar-refractivity contribution in [3.8, 4) is 0 Å². The van der Waals surface area contributed by atoms with Gasteiger partial charge in [-0.15, -0.1) is 0 Å². The number of cyclic esters (lactones) is 1. The predicted octanol–water partition coefficient (Wildman–Crippen LogP) is 0.175. The first-order valence-corrected chi connectivity index (χ1v) is 13.2. The van der Waals surface area contributed by atoms with E-state index in [0.29, 0.717) is 32.0 Å². The summed E-state index contributed by atoms with van der Waals surface area (Å²) in [6, 6.07) is 4.29. The summed E-state index contributed by atoms with van der Waals surface area (Å²) in [5.41, 5.74) is 0.620. The van der Waals surface area contributed by atoms with Crippen LogP contribution in [0.1, 0.15) is 6.42 Å². The molecule has 16 heteroatoms. The second-order valence-corrected chi connectivity index (χ2v) is 11.5. The van der Waals surface area contributed by atoms with Gasteiger partial charge in [0.15, 0.2) is 5.40 Å². The highest BCUT2D eigenvalue weighted by Crippen LogP contribution is 2.61. The third-order valence-electron chi connectivity index (χ3n) is 5.14. The van der Waals surface area contributed by atoms with Crippen molar-refractivity contribution in [2.24, 2.45) is 0 Å². The van der Waals surface area contributed by atoms with Gasteiger partial charge >= 0.3 is 21.3 Å². The molecule has 0 aliphatic carbocycles. The predicted molar refractivity (Wildman–Crippen MR) is 113 cm³/mol. The molecule has 5 N–H and O–H groups in total. The van der Waals surface area contributed by atoms with E-state index in [1.54, 1.807) is 12.1 Å². The summed E-state index contributed by atoms with van der Waals surface area (Å²) in [5, 5.41) is -0.238. The molecule has 0 radical (unpaired) electrons. The lowest BCUT2D eigenvalue weighted by molar-refractivity contribution is -0.121. The number of nitrogens with zero attached hydrogens (tertiary/aromatic N) is 2. The van der Waals surface area contributed by atoms with Gasteiger partial charge in [-0.1, -0.05) is 0 Å². The van der Waals surface area contributed by atoms with E-state index >= 15 is 0 Å². The standard InChI is InChI=1S/C17H24FN3O10P2/c18-13-7-11(1-2-14(13)20-3-5-30-6-4-20)21-10-12(31-17(21)23)9-19-15(22)8-16(32(24,25)26)33(27,28)29/h1-2,7,12,16H,3-6,8-10H2,(H,19,22)(H2,24,25,26)(H2,27,28,29)/t12-/m0/s1. The van der Waals surface area contributed by atoms with Crippen molar-refractivity contribution in [1.82, 2.24) is 5.32 Å². The van der Waals surface area contributed by atoms with Gasteiger partial charge in [0.2, 0.25) is 5.91 Å². The smallest absolute Gasteiger partial charge is 0.414 e. The first kappa shape index (κ1) is 25.6. The lowest BCUT2D eigenvalue weighted by Gasteiger charge is -2.29. The maximum Gasteiger partial charge on any atom is 0.414 e. The highest BCUT2D eigenvalue weighted by Gasteiger charge is 2.44. The molecular formula is C17H24FN3O10P2. The highest BCUT2D eigenvalue weighted by atomic mass is 31.2. The van der Waals surface area contributed by atoms with Crippen molar-refractivity contribution >= 4 is 38.6 Å². The van der Waals surface area contributed by atoms with Crippen LogP contribution < -0.4 is 15.1 Å². The number of carbonyl (C=O) groups excluding carboxylic acids is 2. The molecule has 2 aliphatic rings. The number of halogens is 1. The molecular weight excluding hydrogens is 487 g/mol. The molecule has 1 atom stereocenters. The van der Waals surface area contributed by atoms with Crippen LogP contribution in [0.25, 0.3) is 0 Å². The van der Waals surface area contributed by atoms with Gasteiger partial charge in [0, 0.05) is 13.1 Å². The van der Waals surface area contributed by atoms with E-state index in [1.807, 2.05) is 4.90 Å². The minimum absolute atomic E-state index is 0.0458. The van der Waals surface area contributed by atoms with Crippen LogP contribution in [0.3, 0.4) is 0 Å². The summed E-state index contributed by atoms with van der Waals surface area (Å²) in [6.07, 6.45) is -2.77. The Hall–Kier alpha value is -2.05. The summed E-state index contributed by atoms with van der Waals surface area (Å²) >= 11 is 0. The molecule has 1 aromatic rings. The number of nitrogens with one attached hydrogen (secondary N) is 1. The minimum atomic E-state index is -5.24. The van der Waals surface area contributed by atoms with Crippen molar-refractivity contribution in [3.63, 3.8) is 0 Å². The molecule has 0 spiro atoms. The van der Waals surface area contributed by atoms with E-state index in [-0.39, 0.29) is 18.8 Å². The molecule has 33 heavy (non-hydrogen) atoms. The van der Waals surface area contributed by atoms with Crippen LogP contribution in [0.15, 0.2) is 18.2 Å². The number of hydrogen-bond acceptors (Lipinski definition) is 7. The summed E-state index contributed by atoms with van der Waals surface area (Å²) in [4.78, 5) is 63.5. The molecule has 3 rings (SSSR count). The molecule has 0 bridgehead atoms. The van der Waals surface area contributed by atoms with Gasteiger partial charge in [-0.2, -0.15) is 0 Å². The number of anilines is 2. The number of benzene rings is 1. The van der Waals surface area contributed by atoms with Gasteiger partial charge < -0.3 is 39.3 Å². The Bertz CT molecular complexity index is 971. The van der Waals surface area contributed by atoms with Gasteiger partial charge in [-0.25, -0.2) is 9.18 Å². The van der Waals surface area contributed by atoms with Gasteiger partial charge in [0.25, 0.3) is 0 Å². The zero-order valence-corrected chi connectivity index (χ0v) is 19.0. The van der Waals surface area contributed by atoms with Crippen molar-refractivity contribution in [1.29, 1.82) is 0 Å². The van der Waals surface area contributed by atoms with Crippen molar-refractivity contribution in [2.75, 3.05) is 49.2 Å². The van der Waals surface area contributed by atoms with Crippen LogP contribution in [0, 0.1) is 5.82 Å². The maximum absolute atomic E-state index is 14.6. The van der Waals surface area contributed by atoms with E-state index in [0.717, 1.165) is 4.90 Å². The second-order valence-electron chi connectivity index (χ2n) is 7.52. The molecule has 13 nitrogen and oxygen atoms in total. The third kappa shape index (κ3) is 6.51. The number of rotatable bonds is 8. The molecule has 0 saturated carbocycles. The van der Waals surface area contributed by atoms with Gasteiger partial charge in [-0.05, 0) is 18.2 Å². The normalized spacial score (nSPS) is 19.7. The first-order chi connectivity index (χ1) is 15.4. The lowest BCUT2D eigenvalue weighted by atomic mass is 10.2. The zero-order valence-electron chi connectivity index (χ0n) is 17.2. The molecule has 2 amide bonds. The van der Waals surface area contributed by atoms with E-state index < -0.39 is 50.9 Å². The zero-order chi connectivity index (χ0) is 24.4. The summed E-state index contributed by atoms with van der Waals surface area (Å²) in [7, 11) is -10.5. The Morgan fingerprint density at radius 2 is 1.82 bits per heavy atom. The molecule has 0 aromatic heterocycles. The topological polar surface area (TPSA) is 186 Å². The van der Waals surface area contributed by atoms with Gasteiger partial charge in [-0.3, -0.25) is 18.8 Å². The molecule has 2 aliphatic heterocycles. The van der Waals surface area contributed by atoms with Crippen LogP contribution in [0.5, 0.6) is 0 Å². The molecule has 1 aromatic carbocycles. The molecule has 184 valence electrons. The van der Waals surface area contributed by atoms with Crippen LogP contribution in [-0.4, -0.2) is 82.5 Å². The fourth-order valence-corrected chi connectivity index (χ4v) is 5.84. The maximum atomic E-state index is 14.6. The summed E-state index contributed by atoms with van der Waals surface area (Å²) in [6.45, 7) is 1.72. The highest BCUT2D eigenvalue weighted by molar-refractivity contribution is 7.70. The van der Waals surface area contributed by atoms with E-state index in [9.17, 15) is 23.1 Å². The van der Waals surface area contributed by atoms with E-state index in [2.05, 4.69) is 5.32 Å². The monoisotopic (exact) mass is 511 g/mol. The average Bonchev–Trinajstić information content (AvgIpc) is 3.10. The minimum Gasteiger partial charge on any atom is -0.442 e. The largest absolute Gasteiger partial charge is 0.442 e. The number of morpholine rings is 1. The first-order valence-electron chi connectivity index (χ1n) is 9.84. The van der Waals surface area contributed by atoms with Crippen molar-refractivity contribution in [3.05, 3.63) is 24.0 Å². The number of ether oxygens (including phenoxy) is 2. The Kier molecular flexibility index (Phi) is 7.80. The van der Waals surface area contributed by atoms with Crippen LogP contribution >= 0.6 is 15.2 Å². The Balaban J connectivity index is 1.58. The van der Waals surface area contributed by atoms with Gasteiger partial charge in [0.05, 0.1) is 44.1 Å². The fourth-order valence-electron chi connectivity index (χ4n) is 3.46. The Labute approximate surface area is 187 Å². The molecule has 2 saturated heterocycles. The fraction of sp³-hybridized carbons (Fsp3) is 0.529. The number of carbonyl (C=O) groups is 2. The second kappa shape index (κ2) is 10.1. The van der Waals surface area contributed by atoms with Crippen molar-refractivity contribution < 1.29 is 52.2 Å². The van der Waals surface area contributed by atoms with Crippen LogP contribution in [0.2, 0.25) is 0 Å². The van der Waals surface area contributed by atoms with Crippen molar-refractivity contribution in [2.45, 2.75) is 17.9 Å². The van der Waals surface area contributed by atoms with E-state index in [1.165, 1.54) is 6.07 Å². The summed E-state index contributed by atoms with van der Waals surface area (Å²) in [5.74, 6) is -1.57. The Morgan fingerprint density at radius 3 is 2.39 bits per heavy atom. The molecule has 2 fully saturated rings.